The Morgan fingerprint density at radius 2 is 1.88 bits per heavy atom. The highest BCUT2D eigenvalue weighted by Crippen LogP contribution is 2.57. The molecule has 34 heavy (non-hydrogen) atoms. The number of rotatable bonds is 6. The summed E-state index contributed by atoms with van der Waals surface area (Å²) in [6.45, 7) is 1.97. The number of carboxylic acid groups (broad SMARTS) is 1. The molecule has 4 rings (SSSR count). The largest absolute Gasteiger partial charge is 0.481 e. The molecule has 0 spiro atoms. The van der Waals surface area contributed by atoms with Crippen LogP contribution in [0.2, 0.25) is 10.0 Å². The second-order valence-corrected chi connectivity index (χ2v) is 8.92. The number of nitrogens with one attached hydrogen (secondary N) is 1. The van der Waals surface area contributed by atoms with Gasteiger partial charge >= 0.3 is 12.1 Å². The van der Waals surface area contributed by atoms with Crippen LogP contribution >= 0.6 is 23.2 Å². The predicted molar refractivity (Wildman–Crippen MR) is 120 cm³/mol. The standard InChI is InChI=1S/C23H17Cl2F3N4O2/c1-12-9-22(12,21(33)34)18-17(10-29)31-32(20(18)30-11-13-5-3-2-4-6-13)19-15(24)7-14(8-16(19)25)23(26,27)28/h2-8,12,30H,9,11H2,1H3,(H,33,34). The maximum Gasteiger partial charge on any atom is 0.416 e. The van der Waals surface area contributed by atoms with E-state index in [1.807, 2.05) is 36.4 Å². The number of alkyl halides is 3. The van der Waals surface area contributed by atoms with E-state index in [2.05, 4.69) is 10.4 Å². The van der Waals surface area contributed by atoms with Crippen LogP contribution in [0.15, 0.2) is 42.5 Å². The molecule has 0 amide bonds. The molecule has 1 aliphatic carbocycles. The van der Waals surface area contributed by atoms with E-state index >= 15 is 0 Å². The van der Waals surface area contributed by atoms with Gasteiger partial charge in [0, 0.05) is 6.54 Å². The molecule has 2 unspecified atom stereocenters. The number of aliphatic carboxylic acids is 1. The van der Waals surface area contributed by atoms with E-state index in [1.54, 1.807) is 6.92 Å². The minimum Gasteiger partial charge on any atom is -0.481 e. The summed E-state index contributed by atoms with van der Waals surface area (Å²) in [6.07, 6.45) is -4.40. The van der Waals surface area contributed by atoms with Crippen LogP contribution in [0.25, 0.3) is 5.69 Å². The highest BCUT2D eigenvalue weighted by Gasteiger charge is 2.62. The van der Waals surface area contributed by atoms with E-state index in [9.17, 15) is 28.3 Å². The van der Waals surface area contributed by atoms with Gasteiger partial charge in [0.2, 0.25) is 0 Å². The molecule has 0 radical (unpaired) electrons. The van der Waals surface area contributed by atoms with Gasteiger partial charge in [0.05, 0.1) is 21.2 Å². The summed E-state index contributed by atoms with van der Waals surface area (Å²) in [5.41, 5.74) is -1.68. The van der Waals surface area contributed by atoms with Gasteiger partial charge in [-0.25, -0.2) is 4.68 Å². The average molecular weight is 509 g/mol. The number of nitriles is 1. The summed E-state index contributed by atoms with van der Waals surface area (Å²) in [5, 5.41) is 26.4. The molecule has 0 bridgehead atoms. The second kappa shape index (κ2) is 8.53. The molecule has 1 fully saturated rings. The van der Waals surface area contributed by atoms with E-state index in [-0.39, 0.29) is 51.7 Å². The first-order valence-electron chi connectivity index (χ1n) is 10.1. The van der Waals surface area contributed by atoms with Crippen molar-refractivity contribution in [2.45, 2.75) is 31.5 Å². The van der Waals surface area contributed by atoms with Crippen LogP contribution in [0.4, 0.5) is 19.0 Å². The SMILES string of the molecule is CC1CC1(C(=O)O)c1c(C#N)nn(-c2c(Cl)cc(C(F)(F)F)cc2Cl)c1NCc1ccccc1. The molecule has 1 aromatic heterocycles. The zero-order chi connectivity index (χ0) is 24.8. The van der Waals surface area contributed by atoms with Gasteiger partial charge in [0.1, 0.15) is 23.0 Å². The number of hydrogen-bond acceptors (Lipinski definition) is 4. The molecular formula is C23H17Cl2F3N4O2. The molecule has 0 saturated heterocycles. The minimum atomic E-state index is -4.68. The highest BCUT2D eigenvalue weighted by molar-refractivity contribution is 6.38. The monoisotopic (exact) mass is 508 g/mol. The molecule has 2 aromatic carbocycles. The Morgan fingerprint density at radius 1 is 1.29 bits per heavy atom. The van der Waals surface area contributed by atoms with Crippen molar-refractivity contribution in [3.63, 3.8) is 0 Å². The number of aromatic nitrogens is 2. The smallest absolute Gasteiger partial charge is 0.416 e. The molecule has 1 aliphatic rings. The summed E-state index contributed by atoms with van der Waals surface area (Å²) in [4.78, 5) is 12.3. The quantitative estimate of drug-likeness (QED) is 0.423. The number of hydrogen-bond donors (Lipinski definition) is 2. The van der Waals surface area contributed by atoms with Gasteiger partial charge in [0.15, 0.2) is 5.69 Å². The van der Waals surface area contributed by atoms with E-state index < -0.39 is 23.1 Å². The molecule has 1 heterocycles. The number of carboxylic acids is 1. The molecule has 6 nitrogen and oxygen atoms in total. The third kappa shape index (κ3) is 3.97. The zero-order valence-corrected chi connectivity index (χ0v) is 19.1. The average Bonchev–Trinajstić information content (AvgIpc) is 3.32. The molecule has 2 N–H and O–H groups in total. The Kier molecular flexibility index (Phi) is 6.00. The first-order chi connectivity index (χ1) is 16.0. The summed E-state index contributed by atoms with van der Waals surface area (Å²) in [5.74, 6) is -1.27. The number of benzene rings is 2. The third-order valence-electron chi connectivity index (χ3n) is 5.99. The molecule has 3 aromatic rings. The van der Waals surface area contributed by atoms with Crippen molar-refractivity contribution < 1.29 is 23.1 Å². The number of halogens is 5. The highest BCUT2D eigenvalue weighted by atomic mass is 35.5. The van der Waals surface area contributed by atoms with Crippen LogP contribution in [0.5, 0.6) is 0 Å². The molecular weight excluding hydrogens is 492 g/mol. The maximum atomic E-state index is 13.2. The Labute approximate surface area is 202 Å². The topological polar surface area (TPSA) is 90.9 Å². The normalized spacial score (nSPS) is 19.5. The van der Waals surface area contributed by atoms with Crippen molar-refractivity contribution in [1.29, 1.82) is 5.26 Å². The number of nitrogens with zero attached hydrogens (tertiary/aromatic N) is 3. The summed E-state index contributed by atoms with van der Waals surface area (Å²) in [7, 11) is 0. The van der Waals surface area contributed by atoms with Crippen molar-refractivity contribution in [2.24, 2.45) is 5.92 Å². The fourth-order valence-corrected chi connectivity index (χ4v) is 4.78. The summed E-state index contributed by atoms with van der Waals surface area (Å²) in [6, 6.07) is 12.5. The molecule has 176 valence electrons. The maximum absolute atomic E-state index is 13.2. The summed E-state index contributed by atoms with van der Waals surface area (Å²) < 4.78 is 40.8. The Bertz CT molecular complexity index is 1300. The summed E-state index contributed by atoms with van der Waals surface area (Å²) >= 11 is 12.4. The predicted octanol–water partition coefficient (Wildman–Crippen LogP) is 6.04. The van der Waals surface area contributed by atoms with Crippen LogP contribution in [-0.2, 0) is 22.9 Å². The van der Waals surface area contributed by atoms with Gasteiger partial charge < -0.3 is 10.4 Å². The van der Waals surface area contributed by atoms with Gasteiger partial charge in [-0.3, -0.25) is 4.79 Å². The molecule has 11 heteroatoms. The van der Waals surface area contributed by atoms with Gasteiger partial charge in [0.25, 0.3) is 0 Å². The van der Waals surface area contributed by atoms with Gasteiger partial charge in [-0.15, -0.1) is 0 Å². The van der Waals surface area contributed by atoms with Crippen LogP contribution < -0.4 is 5.32 Å². The lowest BCUT2D eigenvalue weighted by Crippen LogP contribution is -2.24. The molecule has 2 atom stereocenters. The van der Waals surface area contributed by atoms with Gasteiger partial charge in [-0.05, 0) is 30.0 Å². The van der Waals surface area contributed by atoms with Gasteiger partial charge in [-0.2, -0.15) is 23.5 Å². The molecule has 0 aliphatic heterocycles. The van der Waals surface area contributed by atoms with Crippen molar-refractivity contribution in [2.75, 3.05) is 5.32 Å². The van der Waals surface area contributed by atoms with Crippen molar-refractivity contribution in [3.05, 3.63) is 74.9 Å². The van der Waals surface area contributed by atoms with E-state index in [0.717, 1.165) is 10.2 Å². The minimum absolute atomic E-state index is 0.0940. The van der Waals surface area contributed by atoms with Crippen LogP contribution in [-0.4, -0.2) is 20.9 Å². The van der Waals surface area contributed by atoms with E-state index in [1.165, 1.54) is 0 Å². The first-order valence-corrected chi connectivity index (χ1v) is 10.9. The lowest BCUT2D eigenvalue weighted by molar-refractivity contribution is -0.140. The van der Waals surface area contributed by atoms with Crippen molar-refractivity contribution >= 4 is 35.0 Å². The Balaban J connectivity index is 1.94. The van der Waals surface area contributed by atoms with Crippen molar-refractivity contribution in [3.8, 4) is 11.8 Å². The Hall–Kier alpha value is -3.22. The number of anilines is 1. The third-order valence-corrected chi connectivity index (χ3v) is 6.56. The first kappa shape index (κ1) is 23.9. The molecule has 1 saturated carbocycles. The lowest BCUT2D eigenvalue weighted by Gasteiger charge is -2.18. The fraction of sp³-hybridized carbons (Fsp3) is 0.261. The number of carbonyl (C=O) groups is 1. The van der Waals surface area contributed by atoms with E-state index in [0.29, 0.717) is 12.1 Å². The second-order valence-electron chi connectivity index (χ2n) is 8.10. The van der Waals surface area contributed by atoms with Crippen LogP contribution in [0.3, 0.4) is 0 Å². The zero-order valence-electron chi connectivity index (χ0n) is 17.6. The van der Waals surface area contributed by atoms with Crippen LogP contribution in [0.1, 0.15) is 35.7 Å². The Morgan fingerprint density at radius 3 is 2.35 bits per heavy atom. The van der Waals surface area contributed by atoms with Crippen LogP contribution in [0, 0.1) is 17.2 Å². The van der Waals surface area contributed by atoms with Gasteiger partial charge in [-0.1, -0.05) is 60.5 Å². The fourth-order valence-electron chi connectivity index (χ4n) is 4.13. The van der Waals surface area contributed by atoms with Crippen molar-refractivity contribution in [1.82, 2.24) is 9.78 Å². The lowest BCUT2D eigenvalue weighted by atomic mass is 9.93. The van der Waals surface area contributed by atoms with E-state index in [4.69, 9.17) is 23.2 Å².